The van der Waals surface area contributed by atoms with Crippen LogP contribution in [0.2, 0.25) is 5.02 Å². The van der Waals surface area contributed by atoms with Crippen LogP contribution in [0.3, 0.4) is 0 Å². The Labute approximate surface area is 198 Å². The van der Waals surface area contributed by atoms with Gasteiger partial charge in [0, 0.05) is 43.8 Å². The lowest BCUT2D eigenvalue weighted by atomic mass is 10.1. The molecule has 1 aromatic rings. The van der Waals surface area contributed by atoms with Crippen molar-refractivity contribution in [2.24, 2.45) is 0 Å². The number of carbonyl (C=O) groups excluding carboxylic acids is 3. The number of hydrogen-bond donors (Lipinski definition) is 0. The average molecular weight is 483 g/mol. The molecule has 0 aromatic heterocycles. The van der Waals surface area contributed by atoms with Crippen molar-refractivity contribution in [2.75, 3.05) is 44.4 Å². The first kappa shape index (κ1) is 25.4. The Hall–Kier alpha value is -2.20. The van der Waals surface area contributed by atoms with E-state index in [9.17, 15) is 14.4 Å². The van der Waals surface area contributed by atoms with Gasteiger partial charge in [-0.2, -0.15) is 0 Å². The molecule has 2 aliphatic heterocycles. The van der Waals surface area contributed by atoms with Gasteiger partial charge in [0.2, 0.25) is 6.10 Å². The fourth-order valence-corrected chi connectivity index (χ4v) is 3.88. The maximum atomic E-state index is 13.3. The van der Waals surface area contributed by atoms with Crippen molar-refractivity contribution in [2.45, 2.75) is 52.0 Å². The number of hydrogen-bond acceptors (Lipinski definition) is 8. The first-order chi connectivity index (χ1) is 15.5. The Morgan fingerprint density at radius 3 is 2.52 bits per heavy atom. The van der Waals surface area contributed by atoms with Crippen LogP contribution in [0.15, 0.2) is 18.2 Å². The molecule has 0 radical (unpaired) electrons. The Kier molecular flexibility index (Phi) is 8.33. The lowest BCUT2D eigenvalue weighted by Crippen LogP contribution is -2.56. The van der Waals surface area contributed by atoms with Gasteiger partial charge in [-0.05, 0) is 44.5 Å². The standard InChI is InChI=1S/C23H31ClN2O7/c1-15(27)32-20(22(29)33-23(2,3)4)19-21(28)26(9-12-31-19)17-5-6-18(24)16(13-17)14-25-7-10-30-11-8-25/h5-6,13,19-20H,7-12,14H2,1-4H3. The molecule has 33 heavy (non-hydrogen) atoms. The van der Waals surface area contributed by atoms with E-state index in [4.69, 9.17) is 30.5 Å². The van der Waals surface area contributed by atoms with E-state index in [0.29, 0.717) is 30.5 Å². The maximum Gasteiger partial charge on any atom is 0.351 e. The molecule has 0 saturated carbocycles. The third-order valence-corrected chi connectivity index (χ3v) is 5.54. The molecule has 2 unspecified atom stereocenters. The summed E-state index contributed by atoms with van der Waals surface area (Å²) in [6.45, 7) is 10.3. The number of anilines is 1. The van der Waals surface area contributed by atoms with E-state index < -0.39 is 35.7 Å². The minimum absolute atomic E-state index is 0.165. The molecule has 0 N–H and O–H groups in total. The van der Waals surface area contributed by atoms with E-state index in [0.717, 1.165) is 18.7 Å². The second-order valence-electron chi connectivity index (χ2n) is 9.01. The van der Waals surface area contributed by atoms with Crippen LogP contribution in [0.5, 0.6) is 0 Å². The highest BCUT2D eigenvalue weighted by Gasteiger charge is 2.44. The molecule has 1 amide bonds. The molecule has 2 heterocycles. The fourth-order valence-electron chi connectivity index (χ4n) is 3.70. The molecule has 0 spiro atoms. The highest BCUT2D eigenvalue weighted by molar-refractivity contribution is 6.31. The molecular formula is C23H31ClN2O7. The van der Waals surface area contributed by atoms with Crippen LogP contribution in [0.1, 0.15) is 33.3 Å². The highest BCUT2D eigenvalue weighted by atomic mass is 35.5. The summed E-state index contributed by atoms with van der Waals surface area (Å²) in [7, 11) is 0. The van der Waals surface area contributed by atoms with Crippen LogP contribution in [0.25, 0.3) is 0 Å². The number of rotatable bonds is 6. The maximum absolute atomic E-state index is 13.3. The summed E-state index contributed by atoms with van der Waals surface area (Å²) in [5.41, 5.74) is 0.694. The van der Waals surface area contributed by atoms with Crippen LogP contribution >= 0.6 is 11.6 Å². The SMILES string of the molecule is CC(=O)OC(C(=O)OC(C)(C)C)C1OCCN(c2ccc(Cl)c(CN3CCOCC3)c2)C1=O. The van der Waals surface area contributed by atoms with Gasteiger partial charge in [0.05, 0.1) is 19.8 Å². The van der Waals surface area contributed by atoms with Crippen molar-refractivity contribution >= 4 is 35.1 Å². The Balaban J connectivity index is 1.81. The van der Waals surface area contributed by atoms with Crippen LogP contribution < -0.4 is 4.90 Å². The summed E-state index contributed by atoms with van der Waals surface area (Å²) in [5, 5.41) is 0.606. The number of benzene rings is 1. The Bertz CT molecular complexity index is 880. The molecule has 2 atom stereocenters. The molecule has 3 rings (SSSR count). The summed E-state index contributed by atoms with van der Waals surface area (Å²) < 4.78 is 21.5. The number of morpholine rings is 2. The van der Waals surface area contributed by atoms with Crippen molar-refractivity contribution in [3.05, 3.63) is 28.8 Å². The van der Waals surface area contributed by atoms with Gasteiger partial charge < -0.3 is 23.8 Å². The largest absolute Gasteiger partial charge is 0.457 e. The van der Waals surface area contributed by atoms with Gasteiger partial charge >= 0.3 is 11.9 Å². The van der Waals surface area contributed by atoms with Gasteiger partial charge in [0.15, 0.2) is 6.10 Å². The van der Waals surface area contributed by atoms with E-state index in [2.05, 4.69) is 4.90 Å². The number of ether oxygens (including phenoxy) is 4. The van der Waals surface area contributed by atoms with Crippen LogP contribution in [0, 0.1) is 0 Å². The van der Waals surface area contributed by atoms with Crippen LogP contribution in [-0.4, -0.2) is 80.0 Å². The van der Waals surface area contributed by atoms with E-state index in [-0.39, 0.29) is 13.2 Å². The van der Waals surface area contributed by atoms with Gasteiger partial charge in [0.1, 0.15) is 5.60 Å². The molecule has 182 valence electrons. The predicted molar refractivity (Wildman–Crippen MR) is 121 cm³/mol. The number of amides is 1. The molecule has 10 heteroatoms. The first-order valence-corrected chi connectivity index (χ1v) is 11.3. The third-order valence-electron chi connectivity index (χ3n) is 5.17. The zero-order valence-electron chi connectivity index (χ0n) is 19.5. The molecule has 2 fully saturated rings. The average Bonchev–Trinajstić information content (AvgIpc) is 2.73. The monoisotopic (exact) mass is 482 g/mol. The van der Waals surface area contributed by atoms with E-state index >= 15 is 0 Å². The van der Waals surface area contributed by atoms with Gasteiger partial charge in [-0.3, -0.25) is 14.5 Å². The van der Waals surface area contributed by atoms with Crippen molar-refractivity contribution in [3.63, 3.8) is 0 Å². The van der Waals surface area contributed by atoms with E-state index in [1.165, 1.54) is 11.8 Å². The fraction of sp³-hybridized carbons (Fsp3) is 0.609. The molecule has 0 bridgehead atoms. The topological polar surface area (TPSA) is 94.6 Å². The minimum Gasteiger partial charge on any atom is -0.457 e. The molecular weight excluding hydrogens is 452 g/mol. The molecule has 0 aliphatic carbocycles. The Morgan fingerprint density at radius 2 is 1.88 bits per heavy atom. The lowest BCUT2D eigenvalue weighted by molar-refractivity contribution is -0.188. The summed E-state index contributed by atoms with van der Waals surface area (Å²) in [5.74, 6) is -2.03. The number of esters is 2. The van der Waals surface area contributed by atoms with Crippen molar-refractivity contribution in [3.8, 4) is 0 Å². The van der Waals surface area contributed by atoms with E-state index in [1.807, 2.05) is 6.07 Å². The summed E-state index contributed by atoms with van der Waals surface area (Å²) in [6, 6.07) is 5.37. The number of nitrogens with zero attached hydrogens (tertiary/aromatic N) is 2. The minimum atomic E-state index is -1.50. The summed E-state index contributed by atoms with van der Waals surface area (Å²) in [6.07, 6.45) is -2.81. The van der Waals surface area contributed by atoms with Crippen molar-refractivity contribution < 1.29 is 33.3 Å². The zero-order valence-corrected chi connectivity index (χ0v) is 20.2. The number of carbonyl (C=O) groups is 3. The van der Waals surface area contributed by atoms with Crippen molar-refractivity contribution in [1.82, 2.24) is 4.90 Å². The second-order valence-corrected chi connectivity index (χ2v) is 9.42. The van der Waals surface area contributed by atoms with Gasteiger partial charge in [-0.1, -0.05) is 11.6 Å². The molecule has 2 saturated heterocycles. The second kappa shape index (κ2) is 10.8. The zero-order chi connectivity index (χ0) is 24.2. The van der Waals surface area contributed by atoms with Crippen LogP contribution in [0.4, 0.5) is 5.69 Å². The van der Waals surface area contributed by atoms with Gasteiger partial charge in [-0.25, -0.2) is 4.79 Å². The van der Waals surface area contributed by atoms with Crippen LogP contribution in [-0.2, 0) is 39.9 Å². The highest BCUT2D eigenvalue weighted by Crippen LogP contribution is 2.28. The van der Waals surface area contributed by atoms with E-state index in [1.54, 1.807) is 32.9 Å². The lowest BCUT2D eigenvalue weighted by Gasteiger charge is -2.36. The third kappa shape index (κ3) is 6.89. The predicted octanol–water partition coefficient (Wildman–Crippen LogP) is 2.18. The quantitative estimate of drug-likeness (QED) is 0.569. The van der Waals surface area contributed by atoms with Gasteiger partial charge in [0.25, 0.3) is 5.91 Å². The first-order valence-electron chi connectivity index (χ1n) is 11.0. The molecule has 1 aromatic carbocycles. The Morgan fingerprint density at radius 1 is 1.18 bits per heavy atom. The normalized spacial score (nSPS) is 20.9. The van der Waals surface area contributed by atoms with Gasteiger partial charge in [-0.15, -0.1) is 0 Å². The number of halogens is 1. The summed E-state index contributed by atoms with van der Waals surface area (Å²) >= 11 is 6.43. The summed E-state index contributed by atoms with van der Waals surface area (Å²) in [4.78, 5) is 41.5. The van der Waals surface area contributed by atoms with Crippen molar-refractivity contribution in [1.29, 1.82) is 0 Å². The smallest absolute Gasteiger partial charge is 0.351 e. The molecule has 2 aliphatic rings. The molecule has 9 nitrogen and oxygen atoms in total.